The number of carbonyl (C=O) groups is 2. The fourth-order valence-corrected chi connectivity index (χ4v) is 4.13. The fraction of sp³-hybridized carbons (Fsp3) is 0.636. The second kappa shape index (κ2) is 9.27. The minimum absolute atomic E-state index is 0. The van der Waals surface area contributed by atoms with Gasteiger partial charge in [-0.2, -0.15) is 0 Å². The Morgan fingerprint density at radius 3 is 2.29 bits per heavy atom. The van der Waals surface area contributed by atoms with Gasteiger partial charge in [0, 0.05) is 31.7 Å². The Balaban J connectivity index is 0.00000280. The maximum atomic E-state index is 12.6. The van der Waals surface area contributed by atoms with Gasteiger partial charge in [0.25, 0.3) is 0 Å². The molecule has 0 bridgehead atoms. The van der Waals surface area contributed by atoms with Gasteiger partial charge in [0.2, 0.25) is 11.8 Å². The molecule has 1 aromatic rings. The molecule has 2 amide bonds. The maximum absolute atomic E-state index is 12.6. The van der Waals surface area contributed by atoms with E-state index in [4.69, 9.17) is 0 Å². The van der Waals surface area contributed by atoms with Crippen molar-refractivity contribution < 1.29 is 9.59 Å². The smallest absolute Gasteiger partial charge is 0.226 e. The zero-order valence-electron chi connectivity index (χ0n) is 17.3. The fourth-order valence-electron chi connectivity index (χ4n) is 4.13. The molecule has 2 saturated heterocycles. The van der Waals surface area contributed by atoms with Crippen LogP contribution in [0.5, 0.6) is 0 Å². The highest BCUT2D eigenvalue weighted by molar-refractivity contribution is 5.91. The van der Waals surface area contributed by atoms with Crippen molar-refractivity contribution >= 4 is 29.9 Å². The molecule has 0 saturated carbocycles. The van der Waals surface area contributed by atoms with Crippen molar-refractivity contribution in [3.63, 3.8) is 0 Å². The van der Waals surface area contributed by atoms with E-state index < -0.39 is 0 Å². The topological polar surface area (TPSA) is 61.4 Å². The third-order valence-electron chi connectivity index (χ3n) is 5.79. The lowest BCUT2D eigenvalue weighted by Gasteiger charge is -2.39. The molecule has 2 heterocycles. The van der Waals surface area contributed by atoms with Crippen LogP contribution in [0.25, 0.3) is 0 Å². The molecule has 3 rings (SSSR count). The number of nitrogens with one attached hydrogen (secondary N) is 2. The minimum Gasteiger partial charge on any atom is -0.342 e. The van der Waals surface area contributed by atoms with E-state index in [0.717, 1.165) is 50.3 Å². The summed E-state index contributed by atoms with van der Waals surface area (Å²) in [5, 5.41) is 6.39. The lowest BCUT2D eigenvalue weighted by Crippen LogP contribution is -2.44. The highest BCUT2D eigenvalue weighted by Crippen LogP contribution is 2.37. The summed E-state index contributed by atoms with van der Waals surface area (Å²) >= 11 is 0. The van der Waals surface area contributed by atoms with E-state index in [-0.39, 0.29) is 29.6 Å². The summed E-state index contributed by atoms with van der Waals surface area (Å²) in [5.74, 6) is 0.232. The third-order valence-corrected chi connectivity index (χ3v) is 5.79. The molecule has 156 valence electrons. The molecule has 2 N–H and O–H groups in total. The van der Waals surface area contributed by atoms with Gasteiger partial charge in [-0.05, 0) is 54.3 Å². The van der Waals surface area contributed by atoms with Gasteiger partial charge in [-0.1, -0.05) is 32.9 Å². The van der Waals surface area contributed by atoms with E-state index in [0.29, 0.717) is 18.3 Å². The van der Waals surface area contributed by atoms with Gasteiger partial charge in [0.1, 0.15) is 0 Å². The van der Waals surface area contributed by atoms with Crippen molar-refractivity contribution in [1.29, 1.82) is 0 Å². The van der Waals surface area contributed by atoms with Gasteiger partial charge >= 0.3 is 0 Å². The Kier molecular flexibility index (Phi) is 7.52. The molecule has 0 unspecified atom stereocenters. The zero-order chi connectivity index (χ0) is 19.5. The van der Waals surface area contributed by atoms with E-state index in [9.17, 15) is 9.59 Å². The highest BCUT2D eigenvalue weighted by atomic mass is 35.5. The van der Waals surface area contributed by atoms with Crippen LogP contribution < -0.4 is 10.6 Å². The number of anilines is 1. The van der Waals surface area contributed by atoms with Crippen molar-refractivity contribution in [2.24, 2.45) is 10.8 Å². The first kappa shape index (κ1) is 22.7. The number of hydrogen-bond donors (Lipinski definition) is 2. The van der Waals surface area contributed by atoms with E-state index in [1.807, 2.05) is 49.9 Å². The Hall–Kier alpha value is -1.59. The quantitative estimate of drug-likeness (QED) is 0.801. The second-order valence-corrected chi connectivity index (χ2v) is 9.47. The van der Waals surface area contributed by atoms with Crippen LogP contribution in [-0.4, -0.2) is 42.9 Å². The Labute approximate surface area is 175 Å². The summed E-state index contributed by atoms with van der Waals surface area (Å²) in [5.41, 5.74) is 2.19. The number of nitrogens with zero attached hydrogens (tertiary/aromatic N) is 1. The van der Waals surface area contributed by atoms with Crippen LogP contribution in [0.4, 0.5) is 5.69 Å². The SMILES string of the molecule is CC(C)(C)CC(=O)Nc1ccc(CC(=O)N2CCC3(CCNC3)CC2)cc1.Cl. The number of likely N-dealkylation sites (tertiary alicyclic amines) is 1. The number of benzene rings is 1. The first-order valence-electron chi connectivity index (χ1n) is 10.1. The van der Waals surface area contributed by atoms with Crippen LogP contribution in [0.1, 0.15) is 52.0 Å². The van der Waals surface area contributed by atoms with Gasteiger partial charge in [-0.15, -0.1) is 12.4 Å². The molecule has 1 spiro atoms. The summed E-state index contributed by atoms with van der Waals surface area (Å²) in [4.78, 5) is 26.7. The average Bonchev–Trinajstić information content (AvgIpc) is 3.03. The van der Waals surface area contributed by atoms with E-state index in [1.165, 1.54) is 6.42 Å². The van der Waals surface area contributed by atoms with Crippen molar-refractivity contribution in [1.82, 2.24) is 10.2 Å². The number of halogens is 1. The number of hydrogen-bond acceptors (Lipinski definition) is 3. The molecule has 2 aliphatic heterocycles. The van der Waals surface area contributed by atoms with Crippen molar-refractivity contribution in [2.45, 2.75) is 52.9 Å². The summed E-state index contributed by atoms with van der Waals surface area (Å²) < 4.78 is 0. The van der Waals surface area contributed by atoms with Crippen LogP contribution in [0.15, 0.2) is 24.3 Å². The molecule has 5 nitrogen and oxygen atoms in total. The minimum atomic E-state index is -0.0297. The normalized spacial score (nSPS) is 18.6. The van der Waals surface area contributed by atoms with E-state index in [2.05, 4.69) is 10.6 Å². The lowest BCUT2D eigenvalue weighted by molar-refractivity contribution is -0.132. The molecule has 0 radical (unpaired) electrons. The predicted molar refractivity (Wildman–Crippen MR) is 116 cm³/mol. The zero-order valence-corrected chi connectivity index (χ0v) is 18.2. The molecular weight excluding hydrogens is 374 g/mol. The molecule has 0 aromatic heterocycles. The standard InChI is InChI=1S/C22H33N3O2.ClH/c1-21(2,3)15-19(26)24-18-6-4-17(5-7-18)14-20(27)25-12-9-22(10-13-25)8-11-23-16-22;/h4-7,23H,8-16H2,1-3H3,(H,24,26);1H. The maximum Gasteiger partial charge on any atom is 0.226 e. The van der Waals surface area contributed by atoms with Crippen LogP contribution in [-0.2, 0) is 16.0 Å². The molecule has 0 atom stereocenters. The van der Waals surface area contributed by atoms with Crippen molar-refractivity contribution in [2.75, 3.05) is 31.5 Å². The second-order valence-electron chi connectivity index (χ2n) is 9.47. The average molecular weight is 408 g/mol. The third kappa shape index (κ3) is 6.21. The summed E-state index contributed by atoms with van der Waals surface area (Å²) in [6, 6.07) is 7.66. The van der Waals surface area contributed by atoms with Crippen molar-refractivity contribution in [3.8, 4) is 0 Å². The first-order chi connectivity index (χ1) is 12.7. The summed E-state index contributed by atoms with van der Waals surface area (Å²) in [6.07, 6.45) is 4.40. The summed E-state index contributed by atoms with van der Waals surface area (Å²) in [6.45, 7) is 10.1. The van der Waals surface area contributed by atoms with Crippen LogP contribution in [0, 0.1) is 10.8 Å². The van der Waals surface area contributed by atoms with Gasteiger partial charge in [-0.3, -0.25) is 9.59 Å². The molecule has 1 aromatic carbocycles. The molecule has 2 aliphatic rings. The van der Waals surface area contributed by atoms with Crippen LogP contribution in [0.2, 0.25) is 0 Å². The molecule has 2 fully saturated rings. The number of amides is 2. The Morgan fingerprint density at radius 1 is 1.11 bits per heavy atom. The monoisotopic (exact) mass is 407 g/mol. The number of piperidine rings is 1. The molecule has 6 heteroatoms. The first-order valence-corrected chi connectivity index (χ1v) is 10.1. The summed E-state index contributed by atoms with van der Waals surface area (Å²) in [7, 11) is 0. The molecular formula is C22H34ClN3O2. The van der Waals surface area contributed by atoms with E-state index >= 15 is 0 Å². The number of rotatable bonds is 4. The van der Waals surface area contributed by atoms with Gasteiger partial charge in [0.15, 0.2) is 0 Å². The lowest BCUT2D eigenvalue weighted by atomic mass is 9.78. The Bertz CT molecular complexity index is 666. The largest absolute Gasteiger partial charge is 0.342 e. The number of carbonyl (C=O) groups excluding carboxylic acids is 2. The van der Waals surface area contributed by atoms with Gasteiger partial charge in [-0.25, -0.2) is 0 Å². The molecule has 28 heavy (non-hydrogen) atoms. The highest BCUT2D eigenvalue weighted by Gasteiger charge is 2.37. The van der Waals surface area contributed by atoms with Crippen LogP contribution in [0.3, 0.4) is 0 Å². The Morgan fingerprint density at radius 2 is 1.75 bits per heavy atom. The van der Waals surface area contributed by atoms with Crippen molar-refractivity contribution in [3.05, 3.63) is 29.8 Å². The predicted octanol–water partition coefficient (Wildman–Crippen LogP) is 3.63. The van der Waals surface area contributed by atoms with Crippen LogP contribution >= 0.6 is 12.4 Å². The van der Waals surface area contributed by atoms with Gasteiger partial charge < -0.3 is 15.5 Å². The van der Waals surface area contributed by atoms with E-state index in [1.54, 1.807) is 0 Å². The molecule has 0 aliphatic carbocycles. The van der Waals surface area contributed by atoms with Gasteiger partial charge in [0.05, 0.1) is 6.42 Å².